The van der Waals surface area contributed by atoms with Gasteiger partial charge in [0.1, 0.15) is 12.7 Å². The standard InChI is InChI=1S/C22H36N2O4/c1-27-21-10-5-17(14-23-18-6-8-19(25)9-7-18)13-22(21)28-16-20(26)15-24-11-3-2-4-12-24/h5,10,13,18-20,23,25-26H,2-4,6-9,11-12,14-16H2,1H3. The molecule has 1 aromatic rings. The van der Waals surface area contributed by atoms with E-state index >= 15 is 0 Å². The Morgan fingerprint density at radius 1 is 1.11 bits per heavy atom. The number of benzene rings is 1. The molecular weight excluding hydrogens is 356 g/mol. The number of β-amino-alcohol motifs (C(OH)–C–C–N with tert-alkyl or cyclic N) is 1. The van der Waals surface area contributed by atoms with Gasteiger partial charge in [0.15, 0.2) is 11.5 Å². The minimum atomic E-state index is -0.502. The molecule has 1 heterocycles. The monoisotopic (exact) mass is 392 g/mol. The second-order valence-electron chi connectivity index (χ2n) is 8.20. The quantitative estimate of drug-likeness (QED) is 0.599. The van der Waals surface area contributed by atoms with E-state index in [1.165, 1.54) is 19.3 Å². The summed E-state index contributed by atoms with van der Waals surface area (Å²) in [6.07, 6.45) is 6.89. The van der Waals surface area contributed by atoms with Gasteiger partial charge < -0.3 is 29.9 Å². The Kier molecular flexibility index (Phi) is 8.40. The third-order valence-corrected chi connectivity index (χ3v) is 5.87. The van der Waals surface area contributed by atoms with Crippen molar-refractivity contribution in [2.24, 2.45) is 0 Å². The Hall–Kier alpha value is -1.34. The molecular formula is C22H36N2O4. The van der Waals surface area contributed by atoms with Crippen LogP contribution in [0.15, 0.2) is 18.2 Å². The molecule has 158 valence electrons. The molecule has 2 fully saturated rings. The fourth-order valence-corrected chi connectivity index (χ4v) is 4.16. The summed E-state index contributed by atoms with van der Waals surface area (Å²) in [4.78, 5) is 2.32. The van der Waals surface area contributed by atoms with Gasteiger partial charge in [-0.2, -0.15) is 0 Å². The zero-order valence-corrected chi connectivity index (χ0v) is 17.1. The van der Waals surface area contributed by atoms with Crippen molar-refractivity contribution in [3.05, 3.63) is 23.8 Å². The number of ether oxygens (including phenoxy) is 2. The molecule has 6 nitrogen and oxygen atoms in total. The van der Waals surface area contributed by atoms with Gasteiger partial charge in [-0.25, -0.2) is 0 Å². The molecule has 28 heavy (non-hydrogen) atoms. The first-order valence-electron chi connectivity index (χ1n) is 10.8. The number of aliphatic hydroxyl groups excluding tert-OH is 2. The van der Waals surface area contributed by atoms with E-state index < -0.39 is 6.10 Å². The second kappa shape index (κ2) is 11.0. The van der Waals surface area contributed by atoms with Crippen molar-refractivity contribution >= 4 is 0 Å². The summed E-state index contributed by atoms with van der Waals surface area (Å²) in [6.45, 7) is 3.83. The minimum absolute atomic E-state index is 0.129. The largest absolute Gasteiger partial charge is 0.493 e. The van der Waals surface area contributed by atoms with Crippen LogP contribution in [0.5, 0.6) is 11.5 Å². The molecule has 6 heteroatoms. The zero-order chi connectivity index (χ0) is 19.8. The van der Waals surface area contributed by atoms with Crippen molar-refractivity contribution in [3.63, 3.8) is 0 Å². The molecule has 1 saturated heterocycles. The van der Waals surface area contributed by atoms with Crippen molar-refractivity contribution < 1.29 is 19.7 Å². The number of methoxy groups -OCH3 is 1. The van der Waals surface area contributed by atoms with Crippen LogP contribution in [-0.4, -0.2) is 66.7 Å². The molecule has 1 unspecified atom stereocenters. The number of nitrogens with one attached hydrogen (secondary N) is 1. The fourth-order valence-electron chi connectivity index (χ4n) is 4.16. The van der Waals surface area contributed by atoms with E-state index in [9.17, 15) is 10.2 Å². The van der Waals surface area contributed by atoms with Crippen molar-refractivity contribution in [2.45, 2.75) is 69.7 Å². The number of rotatable bonds is 9. The van der Waals surface area contributed by atoms with Crippen LogP contribution in [-0.2, 0) is 6.54 Å². The first-order valence-corrected chi connectivity index (χ1v) is 10.8. The maximum Gasteiger partial charge on any atom is 0.161 e. The maximum atomic E-state index is 10.4. The molecule has 1 aromatic carbocycles. The predicted molar refractivity (Wildman–Crippen MR) is 110 cm³/mol. The summed E-state index contributed by atoms with van der Waals surface area (Å²) in [5.41, 5.74) is 1.13. The molecule has 1 aliphatic carbocycles. The highest BCUT2D eigenvalue weighted by Gasteiger charge is 2.19. The van der Waals surface area contributed by atoms with Crippen molar-refractivity contribution in [3.8, 4) is 11.5 Å². The number of likely N-dealkylation sites (tertiary alicyclic amines) is 1. The predicted octanol–water partition coefficient (Wildman–Crippen LogP) is 2.31. The van der Waals surface area contributed by atoms with Crippen molar-refractivity contribution in [1.82, 2.24) is 10.2 Å². The lowest BCUT2D eigenvalue weighted by molar-refractivity contribution is 0.0608. The first kappa shape index (κ1) is 21.4. The fraction of sp³-hybridized carbons (Fsp3) is 0.727. The molecule has 2 aliphatic rings. The SMILES string of the molecule is COc1ccc(CNC2CCC(O)CC2)cc1OCC(O)CN1CCCCC1. The molecule has 0 amide bonds. The van der Waals surface area contributed by atoms with Gasteiger partial charge in [0, 0.05) is 19.1 Å². The smallest absolute Gasteiger partial charge is 0.161 e. The van der Waals surface area contributed by atoms with Crippen molar-refractivity contribution in [2.75, 3.05) is 33.4 Å². The van der Waals surface area contributed by atoms with Crippen LogP contribution in [0.3, 0.4) is 0 Å². The summed E-state index contributed by atoms with van der Waals surface area (Å²) >= 11 is 0. The molecule has 1 atom stereocenters. The second-order valence-corrected chi connectivity index (χ2v) is 8.20. The number of aliphatic hydroxyl groups is 2. The third-order valence-electron chi connectivity index (χ3n) is 5.87. The average molecular weight is 393 g/mol. The number of piperidine rings is 1. The van der Waals surface area contributed by atoms with Gasteiger partial charge in [0.05, 0.1) is 13.2 Å². The summed E-state index contributed by atoms with van der Waals surface area (Å²) in [6, 6.07) is 6.42. The highest BCUT2D eigenvalue weighted by atomic mass is 16.5. The Bertz CT molecular complexity index is 584. The molecule has 0 aromatic heterocycles. The maximum absolute atomic E-state index is 10.4. The van der Waals surface area contributed by atoms with Crippen LogP contribution in [0.1, 0.15) is 50.5 Å². The third kappa shape index (κ3) is 6.62. The highest BCUT2D eigenvalue weighted by Crippen LogP contribution is 2.28. The Morgan fingerprint density at radius 2 is 1.86 bits per heavy atom. The molecule has 1 saturated carbocycles. The minimum Gasteiger partial charge on any atom is -0.493 e. The van der Waals surface area contributed by atoms with E-state index in [0.717, 1.165) is 50.9 Å². The number of nitrogens with zero attached hydrogens (tertiary/aromatic N) is 1. The van der Waals surface area contributed by atoms with E-state index in [1.807, 2.05) is 18.2 Å². The first-order chi connectivity index (χ1) is 13.6. The Balaban J connectivity index is 1.49. The van der Waals surface area contributed by atoms with Gasteiger partial charge in [-0.05, 0) is 69.3 Å². The highest BCUT2D eigenvalue weighted by molar-refractivity contribution is 5.43. The summed E-state index contributed by atoms with van der Waals surface area (Å²) < 4.78 is 11.3. The van der Waals surface area contributed by atoms with Crippen LogP contribution >= 0.6 is 0 Å². The lowest BCUT2D eigenvalue weighted by atomic mass is 9.93. The van der Waals surface area contributed by atoms with E-state index in [0.29, 0.717) is 24.1 Å². The lowest BCUT2D eigenvalue weighted by Crippen LogP contribution is -2.38. The number of hydrogen-bond donors (Lipinski definition) is 3. The lowest BCUT2D eigenvalue weighted by Gasteiger charge is -2.28. The Morgan fingerprint density at radius 3 is 2.57 bits per heavy atom. The van der Waals surface area contributed by atoms with Gasteiger partial charge in [-0.1, -0.05) is 12.5 Å². The van der Waals surface area contributed by atoms with Crippen LogP contribution < -0.4 is 14.8 Å². The van der Waals surface area contributed by atoms with Crippen LogP contribution in [0, 0.1) is 0 Å². The van der Waals surface area contributed by atoms with Gasteiger partial charge in [0.2, 0.25) is 0 Å². The summed E-state index contributed by atoms with van der Waals surface area (Å²) in [5.74, 6) is 1.37. The van der Waals surface area contributed by atoms with Crippen molar-refractivity contribution in [1.29, 1.82) is 0 Å². The van der Waals surface area contributed by atoms with E-state index in [4.69, 9.17) is 9.47 Å². The van der Waals surface area contributed by atoms with E-state index in [-0.39, 0.29) is 12.7 Å². The summed E-state index contributed by atoms with van der Waals surface area (Å²) in [7, 11) is 1.64. The van der Waals surface area contributed by atoms with Gasteiger partial charge in [0.25, 0.3) is 0 Å². The van der Waals surface area contributed by atoms with Gasteiger partial charge in [-0.15, -0.1) is 0 Å². The zero-order valence-electron chi connectivity index (χ0n) is 17.1. The molecule has 0 bridgehead atoms. The van der Waals surface area contributed by atoms with E-state index in [2.05, 4.69) is 10.2 Å². The molecule has 3 N–H and O–H groups in total. The Labute approximate surface area is 168 Å². The molecule has 3 rings (SSSR count). The molecule has 0 spiro atoms. The molecule has 1 aliphatic heterocycles. The summed E-state index contributed by atoms with van der Waals surface area (Å²) in [5, 5.41) is 23.6. The van der Waals surface area contributed by atoms with Crippen LogP contribution in [0.25, 0.3) is 0 Å². The van der Waals surface area contributed by atoms with E-state index in [1.54, 1.807) is 7.11 Å². The normalized spacial score (nSPS) is 24.7. The van der Waals surface area contributed by atoms with Gasteiger partial charge >= 0.3 is 0 Å². The van der Waals surface area contributed by atoms with Crippen LogP contribution in [0.2, 0.25) is 0 Å². The number of hydrogen-bond acceptors (Lipinski definition) is 6. The molecule has 0 radical (unpaired) electrons. The topological polar surface area (TPSA) is 74.2 Å². The van der Waals surface area contributed by atoms with Gasteiger partial charge in [-0.3, -0.25) is 0 Å². The average Bonchev–Trinajstić information content (AvgIpc) is 2.72. The van der Waals surface area contributed by atoms with Crippen LogP contribution in [0.4, 0.5) is 0 Å².